The molecule has 0 spiro atoms. The number of dihydropyridines is 1. The molecule has 2 aliphatic rings. The minimum Gasteiger partial charge on any atom is -0.399 e. The van der Waals surface area contributed by atoms with Crippen LogP contribution in [0.25, 0.3) is 5.70 Å². The van der Waals surface area contributed by atoms with Gasteiger partial charge in [0.2, 0.25) is 0 Å². The molecule has 33 heavy (non-hydrogen) atoms. The van der Waals surface area contributed by atoms with Crippen molar-refractivity contribution in [1.82, 2.24) is 10.2 Å². The lowest BCUT2D eigenvalue weighted by molar-refractivity contribution is -0.114. The van der Waals surface area contributed by atoms with Crippen molar-refractivity contribution in [2.75, 3.05) is 11.9 Å². The van der Waals surface area contributed by atoms with Crippen molar-refractivity contribution in [1.29, 1.82) is 5.26 Å². The SMILES string of the molecule is C=C(N)c1ccc(N(C(=S)N(C)C2=CNC(C#N)C(C(F)(F)F)=C2)C2(C=O)CCC2)cc1F. The quantitative estimate of drug-likeness (QED) is 0.378. The normalized spacial score (nSPS) is 19.1. The van der Waals surface area contributed by atoms with Gasteiger partial charge >= 0.3 is 6.18 Å². The molecule has 1 atom stereocenters. The number of likely N-dealkylation sites (N-methyl/N-ethyl adjacent to an activating group) is 1. The van der Waals surface area contributed by atoms with Crippen LogP contribution in [0.2, 0.25) is 0 Å². The fourth-order valence-electron chi connectivity index (χ4n) is 3.74. The summed E-state index contributed by atoms with van der Waals surface area (Å²) < 4.78 is 55.0. The first kappa shape index (κ1) is 24.3. The van der Waals surface area contributed by atoms with Gasteiger partial charge in [-0.15, -0.1) is 0 Å². The summed E-state index contributed by atoms with van der Waals surface area (Å²) in [7, 11) is 1.43. The second-order valence-corrected chi connectivity index (χ2v) is 8.20. The number of halogens is 4. The van der Waals surface area contributed by atoms with Crippen LogP contribution in [0, 0.1) is 17.1 Å². The van der Waals surface area contributed by atoms with Gasteiger partial charge in [0.25, 0.3) is 0 Å². The van der Waals surface area contributed by atoms with Gasteiger partial charge in [-0.05, 0) is 55.8 Å². The molecule has 1 unspecified atom stereocenters. The number of hydrogen-bond donors (Lipinski definition) is 2. The Bertz CT molecular complexity index is 1100. The van der Waals surface area contributed by atoms with E-state index in [9.17, 15) is 22.4 Å². The molecule has 1 aromatic rings. The van der Waals surface area contributed by atoms with Gasteiger partial charge in [-0.3, -0.25) is 0 Å². The van der Waals surface area contributed by atoms with Crippen LogP contribution < -0.4 is 16.0 Å². The van der Waals surface area contributed by atoms with E-state index in [0.29, 0.717) is 12.8 Å². The van der Waals surface area contributed by atoms with Crippen LogP contribution in [0.3, 0.4) is 0 Å². The molecule has 0 amide bonds. The molecule has 1 aliphatic heterocycles. The van der Waals surface area contributed by atoms with Gasteiger partial charge in [-0.25, -0.2) is 4.39 Å². The van der Waals surface area contributed by atoms with Crippen molar-refractivity contribution in [3.05, 3.63) is 59.7 Å². The van der Waals surface area contributed by atoms with E-state index >= 15 is 0 Å². The number of aldehydes is 1. The first-order valence-electron chi connectivity index (χ1n) is 9.88. The molecular weight excluding hydrogens is 458 g/mol. The molecule has 6 nitrogen and oxygen atoms in total. The summed E-state index contributed by atoms with van der Waals surface area (Å²) in [5, 5.41) is 11.4. The Kier molecular flexibility index (Phi) is 6.51. The maximum atomic E-state index is 14.7. The number of hydrogen-bond acceptors (Lipinski definition) is 5. The summed E-state index contributed by atoms with van der Waals surface area (Å²) in [6.45, 7) is 3.52. The van der Waals surface area contributed by atoms with Crippen molar-refractivity contribution in [2.45, 2.75) is 37.0 Å². The van der Waals surface area contributed by atoms with Gasteiger partial charge in [-0.1, -0.05) is 6.58 Å². The standard InChI is InChI=1S/C22H21F4N5OS/c1-13(28)16-5-4-14(9-18(16)23)31(21(12-32)6-3-7-21)20(33)30(2)15-8-17(22(24,25)26)19(10-27)29-11-15/h4-5,8-9,11-12,19,29H,1,3,6-7,28H2,2H3. The van der Waals surface area contributed by atoms with Crippen molar-refractivity contribution >= 4 is 35.0 Å². The Morgan fingerprint density at radius 1 is 1.42 bits per heavy atom. The number of alkyl halides is 3. The smallest absolute Gasteiger partial charge is 0.399 e. The number of benzene rings is 1. The predicted molar refractivity (Wildman–Crippen MR) is 120 cm³/mol. The van der Waals surface area contributed by atoms with Gasteiger partial charge in [0, 0.05) is 30.2 Å². The zero-order valence-corrected chi connectivity index (χ0v) is 18.4. The highest BCUT2D eigenvalue weighted by molar-refractivity contribution is 7.80. The summed E-state index contributed by atoms with van der Waals surface area (Å²) in [6.07, 6.45) is -0.343. The number of nitrogens with two attached hydrogens (primary N) is 1. The van der Waals surface area contributed by atoms with Crippen molar-refractivity contribution in [2.24, 2.45) is 5.73 Å². The van der Waals surface area contributed by atoms with Crippen LogP contribution in [0.1, 0.15) is 24.8 Å². The summed E-state index contributed by atoms with van der Waals surface area (Å²) in [5.41, 5.74) is 3.84. The number of anilines is 1. The number of rotatable bonds is 5. The van der Waals surface area contributed by atoms with E-state index in [0.717, 1.165) is 24.8 Å². The number of carbonyl (C=O) groups is 1. The summed E-state index contributed by atoms with van der Waals surface area (Å²) in [6, 6.07) is 4.08. The maximum Gasteiger partial charge on any atom is 0.415 e. The van der Waals surface area contributed by atoms with E-state index in [4.69, 9.17) is 23.2 Å². The predicted octanol–water partition coefficient (Wildman–Crippen LogP) is 3.73. The Labute approximate surface area is 193 Å². The Balaban J connectivity index is 2.03. The number of nitrogens with zero attached hydrogens (tertiary/aromatic N) is 3. The molecular formula is C22H21F4N5OS. The van der Waals surface area contributed by atoms with Crippen molar-refractivity contribution in [3.8, 4) is 6.07 Å². The third kappa shape index (κ3) is 4.43. The van der Waals surface area contributed by atoms with E-state index in [2.05, 4.69) is 11.9 Å². The minimum atomic E-state index is -4.74. The highest BCUT2D eigenvalue weighted by Gasteiger charge is 2.46. The molecule has 0 saturated heterocycles. The van der Waals surface area contributed by atoms with Gasteiger partial charge < -0.3 is 25.6 Å². The summed E-state index contributed by atoms with van der Waals surface area (Å²) in [5.74, 6) is -0.675. The van der Waals surface area contributed by atoms with Crippen LogP contribution in [0.15, 0.2) is 48.3 Å². The number of nitriles is 1. The van der Waals surface area contributed by atoms with Gasteiger partial charge in [0.15, 0.2) is 5.11 Å². The molecule has 1 fully saturated rings. The molecule has 1 saturated carbocycles. The molecule has 11 heteroatoms. The average molecular weight is 480 g/mol. The monoisotopic (exact) mass is 479 g/mol. The van der Waals surface area contributed by atoms with E-state index < -0.39 is 29.1 Å². The van der Waals surface area contributed by atoms with Gasteiger partial charge in [0.1, 0.15) is 23.7 Å². The van der Waals surface area contributed by atoms with Crippen LogP contribution in [-0.4, -0.2) is 41.1 Å². The lowest BCUT2D eigenvalue weighted by atomic mass is 9.76. The molecule has 1 aliphatic carbocycles. The minimum absolute atomic E-state index is 0.0123. The van der Waals surface area contributed by atoms with Crippen LogP contribution in [0.5, 0.6) is 0 Å². The zero-order chi connectivity index (χ0) is 24.6. The average Bonchev–Trinajstić information content (AvgIpc) is 2.73. The number of nitrogens with one attached hydrogen (secondary N) is 1. The molecule has 1 heterocycles. The summed E-state index contributed by atoms with van der Waals surface area (Å²) >= 11 is 5.58. The van der Waals surface area contributed by atoms with Crippen LogP contribution in [0.4, 0.5) is 23.2 Å². The fourth-order valence-corrected chi connectivity index (χ4v) is 4.14. The highest BCUT2D eigenvalue weighted by atomic mass is 32.1. The van der Waals surface area contributed by atoms with Crippen LogP contribution >= 0.6 is 12.2 Å². The largest absolute Gasteiger partial charge is 0.415 e. The molecule has 0 aromatic heterocycles. The molecule has 0 bridgehead atoms. The second kappa shape index (κ2) is 8.86. The van der Waals surface area contributed by atoms with E-state index in [1.54, 1.807) is 6.07 Å². The molecule has 174 valence electrons. The highest BCUT2D eigenvalue weighted by Crippen LogP contribution is 2.41. The number of allylic oxidation sites excluding steroid dienone is 1. The van der Waals surface area contributed by atoms with E-state index in [1.165, 1.54) is 35.2 Å². The topological polar surface area (TPSA) is 85.4 Å². The summed E-state index contributed by atoms with van der Waals surface area (Å²) in [4.78, 5) is 14.8. The Morgan fingerprint density at radius 2 is 2.09 bits per heavy atom. The van der Waals surface area contributed by atoms with Gasteiger partial charge in [0.05, 0.1) is 17.3 Å². The third-order valence-electron chi connectivity index (χ3n) is 5.78. The number of thiocarbonyl (C=S) groups is 1. The zero-order valence-electron chi connectivity index (χ0n) is 17.6. The first-order valence-corrected chi connectivity index (χ1v) is 10.3. The van der Waals surface area contributed by atoms with Crippen molar-refractivity contribution in [3.63, 3.8) is 0 Å². The molecule has 3 rings (SSSR count). The third-order valence-corrected chi connectivity index (χ3v) is 6.23. The van der Waals surface area contributed by atoms with Gasteiger partial charge in [-0.2, -0.15) is 18.4 Å². The molecule has 3 N–H and O–H groups in total. The van der Waals surface area contributed by atoms with E-state index in [1.807, 2.05) is 0 Å². The second-order valence-electron chi connectivity index (χ2n) is 7.84. The molecule has 0 radical (unpaired) electrons. The van der Waals surface area contributed by atoms with E-state index in [-0.39, 0.29) is 27.8 Å². The lowest BCUT2D eigenvalue weighted by Crippen LogP contribution is -2.60. The lowest BCUT2D eigenvalue weighted by Gasteiger charge is -2.49. The number of carbonyl (C=O) groups excluding carboxylic acids is 1. The Hall–Kier alpha value is -3.39. The van der Waals surface area contributed by atoms with Crippen molar-refractivity contribution < 1.29 is 22.4 Å². The first-order chi connectivity index (χ1) is 15.4. The fraction of sp³-hybridized carbons (Fsp3) is 0.318. The Morgan fingerprint density at radius 3 is 2.55 bits per heavy atom. The van der Waals surface area contributed by atoms with Crippen LogP contribution in [-0.2, 0) is 4.79 Å². The molecule has 1 aromatic carbocycles. The maximum absolute atomic E-state index is 14.7.